The lowest BCUT2D eigenvalue weighted by atomic mass is 9.89. The van der Waals surface area contributed by atoms with Crippen LogP contribution in [0.15, 0.2) is 36.5 Å². The first-order valence-electron chi connectivity index (χ1n) is 10.5. The molecule has 2 heterocycles. The number of carboxylic acid groups (broad SMARTS) is 2. The molecule has 12 heteroatoms. The summed E-state index contributed by atoms with van der Waals surface area (Å²) in [5.74, 6) is -2.97. The first kappa shape index (κ1) is 25.7. The molecule has 0 bridgehead atoms. The Balaban J connectivity index is 0.000000429. The maximum atomic E-state index is 11.9. The molecule has 9 nitrogen and oxygen atoms in total. The lowest BCUT2D eigenvalue weighted by Gasteiger charge is -2.17. The minimum atomic E-state index is -5.08. The van der Waals surface area contributed by atoms with Gasteiger partial charge in [-0.25, -0.2) is 9.59 Å². The number of halogens is 3. The summed E-state index contributed by atoms with van der Waals surface area (Å²) in [6.45, 7) is 0.979. The average molecular weight is 492 g/mol. The third-order valence-corrected chi connectivity index (χ3v) is 5.34. The van der Waals surface area contributed by atoms with Crippen molar-refractivity contribution in [1.82, 2.24) is 14.8 Å². The molecule has 0 atom stereocenters. The van der Waals surface area contributed by atoms with Gasteiger partial charge in [-0.2, -0.15) is 18.3 Å². The van der Waals surface area contributed by atoms with Gasteiger partial charge in [0.05, 0.1) is 18.5 Å². The van der Waals surface area contributed by atoms with Crippen molar-refractivity contribution in [2.45, 2.75) is 32.0 Å². The summed E-state index contributed by atoms with van der Waals surface area (Å²) in [7, 11) is 1.63. The van der Waals surface area contributed by atoms with E-state index < -0.39 is 18.1 Å². The number of aryl methyl sites for hydroxylation is 2. The molecule has 3 aromatic rings. The fourth-order valence-electron chi connectivity index (χ4n) is 3.76. The van der Waals surface area contributed by atoms with E-state index >= 15 is 0 Å². The Morgan fingerprint density at radius 1 is 1.17 bits per heavy atom. The Hall–Kier alpha value is -3.93. The number of alkyl halides is 3. The fraction of sp³-hybridized carbons (Fsp3) is 0.304. The quantitative estimate of drug-likeness (QED) is 0.476. The van der Waals surface area contributed by atoms with Crippen LogP contribution >= 0.6 is 0 Å². The van der Waals surface area contributed by atoms with E-state index in [1.54, 1.807) is 11.8 Å². The number of hydrogen-bond donors (Lipinski definition) is 3. The molecule has 0 radical (unpaired) electrons. The van der Waals surface area contributed by atoms with Crippen molar-refractivity contribution in [3.05, 3.63) is 53.3 Å². The first-order valence-corrected chi connectivity index (χ1v) is 10.5. The van der Waals surface area contributed by atoms with Crippen LogP contribution in [0.5, 0.6) is 5.75 Å². The molecule has 1 aromatic carbocycles. The van der Waals surface area contributed by atoms with Gasteiger partial charge in [0.2, 0.25) is 0 Å². The number of rotatable bonds is 6. The molecular formula is C23H23F3N4O5. The van der Waals surface area contributed by atoms with Crippen LogP contribution in [0, 0.1) is 0 Å². The van der Waals surface area contributed by atoms with E-state index in [1.807, 2.05) is 36.5 Å². The van der Waals surface area contributed by atoms with Crippen LogP contribution in [0.25, 0.3) is 22.5 Å². The number of aromatic carboxylic acids is 1. The van der Waals surface area contributed by atoms with Crippen LogP contribution in [0.1, 0.15) is 28.0 Å². The van der Waals surface area contributed by atoms with Gasteiger partial charge in [-0.05, 0) is 49.6 Å². The highest BCUT2D eigenvalue weighted by Gasteiger charge is 2.38. The van der Waals surface area contributed by atoms with E-state index in [1.165, 1.54) is 0 Å². The predicted molar refractivity (Wildman–Crippen MR) is 119 cm³/mol. The Kier molecular flexibility index (Phi) is 7.75. The molecule has 0 spiro atoms. The van der Waals surface area contributed by atoms with Crippen molar-refractivity contribution in [3.63, 3.8) is 0 Å². The molecule has 35 heavy (non-hydrogen) atoms. The van der Waals surface area contributed by atoms with Crippen molar-refractivity contribution >= 4 is 11.9 Å². The van der Waals surface area contributed by atoms with Gasteiger partial charge in [0, 0.05) is 29.4 Å². The van der Waals surface area contributed by atoms with Crippen LogP contribution in [0.2, 0.25) is 0 Å². The normalized spacial score (nSPS) is 12.1. The highest BCUT2D eigenvalue weighted by Crippen LogP contribution is 2.38. The highest BCUT2D eigenvalue weighted by molar-refractivity contribution is 5.91. The molecule has 186 valence electrons. The monoisotopic (exact) mass is 492 g/mol. The van der Waals surface area contributed by atoms with Crippen LogP contribution < -0.4 is 10.5 Å². The van der Waals surface area contributed by atoms with Crippen molar-refractivity contribution in [1.29, 1.82) is 0 Å². The summed E-state index contributed by atoms with van der Waals surface area (Å²) < 4.78 is 38.8. The zero-order valence-electron chi connectivity index (χ0n) is 18.7. The maximum absolute atomic E-state index is 11.9. The smallest absolute Gasteiger partial charge is 0.490 e. The van der Waals surface area contributed by atoms with Crippen LogP contribution in [0.4, 0.5) is 13.2 Å². The molecule has 1 aliphatic rings. The Morgan fingerprint density at radius 3 is 2.46 bits per heavy atom. The van der Waals surface area contributed by atoms with Crippen LogP contribution in [-0.2, 0) is 24.2 Å². The minimum Gasteiger partial charge on any atom is -0.496 e. The lowest BCUT2D eigenvalue weighted by molar-refractivity contribution is -0.192. The van der Waals surface area contributed by atoms with E-state index in [2.05, 4.69) is 10.1 Å². The number of carbonyl (C=O) groups is 2. The molecular weight excluding hydrogens is 469 g/mol. The molecule has 1 aliphatic carbocycles. The maximum Gasteiger partial charge on any atom is 0.490 e. The molecule has 4 rings (SSSR count). The van der Waals surface area contributed by atoms with Gasteiger partial charge < -0.3 is 20.7 Å². The van der Waals surface area contributed by atoms with Gasteiger partial charge in [-0.15, -0.1) is 0 Å². The molecule has 0 unspecified atom stereocenters. The third kappa shape index (κ3) is 5.60. The van der Waals surface area contributed by atoms with Gasteiger partial charge in [0.25, 0.3) is 0 Å². The Morgan fingerprint density at radius 2 is 1.86 bits per heavy atom. The summed E-state index contributed by atoms with van der Waals surface area (Å²) in [6.07, 6.45) is -1.16. The van der Waals surface area contributed by atoms with Crippen molar-refractivity contribution in [2.75, 3.05) is 13.7 Å². The van der Waals surface area contributed by atoms with Gasteiger partial charge in [0.15, 0.2) is 0 Å². The van der Waals surface area contributed by atoms with Gasteiger partial charge >= 0.3 is 18.1 Å². The third-order valence-electron chi connectivity index (χ3n) is 5.34. The number of para-hydroxylation sites is 1. The number of hydrogen-bond acceptors (Lipinski definition) is 6. The summed E-state index contributed by atoms with van der Waals surface area (Å²) in [4.78, 5) is 25.4. The molecule has 0 amide bonds. The number of aliphatic carboxylic acids is 1. The fourth-order valence-corrected chi connectivity index (χ4v) is 3.76. The number of methoxy groups -OCH3 is 1. The molecule has 0 saturated carbocycles. The lowest BCUT2D eigenvalue weighted by Crippen LogP contribution is -2.21. The van der Waals surface area contributed by atoms with Gasteiger partial charge in [-0.1, -0.05) is 12.1 Å². The van der Waals surface area contributed by atoms with E-state index in [9.17, 15) is 23.1 Å². The molecule has 4 N–H and O–H groups in total. The van der Waals surface area contributed by atoms with E-state index in [0.29, 0.717) is 25.9 Å². The number of carboxylic acids is 2. The van der Waals surface area contributed by atoms with Crippen molar-refractivity contribution in [3.8, 4) is 28.3 Å². The predicted octanol–water partition coefficient (Wildman–Crippen LogP) is 3.40. The van der Waals surface area contributed by atoms with Crippen LogP contribution in [0.3, 0.4) is 0 Å². The zero-order chi connectivity index (χ0) is 25.8. The number of nitrogens with two attached hydrogens (primary N) is 1. The molecule has 0 saturated heterocycles. The van der Waals surface area contributed by atoms with Crippen molar-refractivity contribution < 1.29 is 37.7 Å². The van der Waals surface area contributed by atoms with E-state index in [4.69, 9.17) is 20.4 Å². The van der Waals surface area contributed by atoms with E-state index in [-0.39, 0.29) is 5.69 Å². The van der Waals surface area contributed by atoms with Gasteiger partial charge in [0.1, 0.15) is 11.4 Å². The van der Waals surface area contributed by atoms with E-state index in [0.717, 1.165) is 45.8 Å². The Labute approximate surface area is 198 Å². The summed E-state index contributed by atoms with van der Waals surface area (Å²) in [5, 5.41) is 21.5. The standard InChI is InChI=1S/C21H22N4O3.C2HF3O2/c1-28-18-6-3-2-5-14(18)17-11-16-13(12-23-17)7-8-15-19(16)24-25(10-4-9-22)20(15)21(26)27;3-2(4,5)1(6)7/h2-3,5-6,11-12H,4,7-10,22H2,1H3,(H,26,27);(H,6,7). The first-order chi connectivity index (χ1) is 16.6. The minimum absolute atomic E-state index is 0.268. The largest absolute Gasteiger partial charge is 0.496 e. The summed E-state index contributed by atoms with van der Waals surface area (Å²) >= 11 is 0. The second-order valence-corrected chi connectivity index (χ2v) is 7.58. The second kappa shape index (κ2) is 10.6. The summed E-state index contributed by atoms with van der Waals surface area (Å²) in [5.41, 5.74) is 11.1. The van der Waals surface area contributed by atoms with Crippen LogP contribution in [-0.4, -0.2) is 56.7 Å². The second-order valence-electron chi connectivity index (χ2n) is 7.58. The molecule has 0 aliphatic heterocycles. The summed E-state index contributed by atoms with van der Waals surface area (Å²) in [6, 6.07) is 9.69. The van der Waals surface area contributed by atoms with Gasteiger partial charge in [-0.3, -0.25) is 9.67 Å². The molecule has 2 aromatic heterocycles. The number of aromatic nitrogens is 3. The SMILES string of the molecule is COc1ccccc1-c1cc2c(cn1)CCc1c-2nn(CCCN)c1C(=O)O.O=C(O)C(F)(F)F. The molecule has 0 fully saturated rings. The number of pyridine rings is 1. The zero-order valence-corrected chi connectivity index (χ0v) is 18.7. The number of fused-ring (bicyclic) bond motifs is 3. The Bertz CT molecular complexity index is 1240. The number of benzene rings is 1. The van der Waals surface area contributed by atoms with Crippen molar-refractivity contribution in [2.24, 2.45) is 5.73 Å². The number of ether oxygens (including phenoxy) is 1. The average Bonchev–Trinajstić information content (AvgIpc) is 3.21. The number of nitrogens with zero attached hydrogens (tertiary/aromatic N) is 3. The topological polar surface area (TPSA) is 141 Å². The highest BCUT2D eigenvalue weighted by atomic mass is 19.4.